The van der Waals surface area contributed by atoms with E-state index in [1.165, 1.54) is 4.68 Å². The standard InChI is InChI=1S/C12H19N3O3/c1-4-6-8-7-10(15(3)14-8)11(16)13-9(5-2)12(17)18/h7,9H,4-6H2,1-3H3,(H,13,16)(H,17,18). The molecule has 18 heavy (non-hydrogen) atoms. The van der Waals surface area contributed by atoms with Crippen molar-refractivity contribution >= 4 is 11.9 Å². The quantitative estimate of drug-likeness (QED) is 0.791. The predicted molar refractivity (Wildman–Crippen MR) is 66.4 cm³/mol. The van der Waals surface area contributed by atoms with Gasteiger partial charge in [-0.15, -0.1) is 0 Å². The van der Waals surface area contributed by atoms with E-state index in [0.717, 1.165) is 18.5 Å². The summed E-state index contributed by atoms with van der Waals surface area (Å²) in [7, 11) is 1.68. The molecule has 1 rings (SSSR count). The van der Waals surface area contributed by atoms with Crippen LogP contribution in [0.5, 0.6) is 0 Å². The van der Waals surface area contributed by atoms with E-state index in [0.29, 0.717) is 12.1 Å². The number of carbonyl (C=O) groups is 2. The molecular formula is C12H19N3O3. The molecule has 0 saturated carbocycles. The molecule has 0 spiro atoms. The van der Waals surface area contributed by atoms with Gasteiger partial charge in [-0.05, 0) is 18.9 Å². The summed E-state index contributed by atoms with van der Waals surface area (Å²) in [6.07, 6.45) is 2.10. The number of aromatic nitrogens is 2. The Kier molecular flexibility index (Phi) is 4.88. The van der Waals surface area contributed by atoms with Crippen LogP contribution in [0.15, 0.2) is 6.07 Å². The van der Waals surface area contributed by atoms with Crippen molar-refractivity contribution in [3.63, 3.8) is 0 Å². The summed E-state index contributed by atoms with van der Waals surface area (Å²) >= 11 is 0. The number of nitrogens with zero attached hydrogens (tertiary/aromatic N) is 2. The van der Waals surface area contributed by atoms with Crippen LogP contribution in [0.4, 0.5) is 0 Å². The van der Waals surface area contributed by atoms with Crippen molar-refractivity contribution < 1.29 is 14.7 Å². The molecule has 0 fully saturated rings. The Hall–Kier alpha value is -1.85. The van der Waals surface area contributed by atoms with E-state index >= 15 is 0 Å². The molecule has 1 heterocycles. The highest BCUT2D eigenvalue weighted by Gasteiger charge is 2.20. The molecule has 1 aromatic heterocycles. The fourth-order valence-electron chi connectivity index (χ4n) is 1.69. The average Bonchev–Trinajstić information content (AvgIpc) is 2.67. The molecule has 1 unspecified atom stereocenters. The zero-order valence-corrected chi connectivity index (χ0v) is 10.9. The number of nitrogens with one attached hydrogen (secondary N) is 1. The van der Waals surface area contributed by atoms with Crippen LogP contribution in [0.25, 0.3) is 0 Å². The zero-order valence-electron chi connectivity index (χ0n) is 10.9. The van der Waals surface area contributed by atoms with Crippen molar-refractivity contribution in [1.82, 2.24) is 15.1 Å². The Balaban J connectivity index is 2.80. The van der Waals surface area contributed by atoms with E-state index in [2.05, 4.69) is 10.4 Å². The van der Waals surface area contributed by atoms with Gasteiger partial charge in [0.15, 0.2) is 0 Å². The molecule has 2 N–H and O–H groups in total. The van der Waals surface area contributed by atoms with Crippen molar-refractivity contribution in [1.29, 1.82) is 0 Å². The van der Waals surface area contributed by atoms with E-state index in [1.54, 1.807) is 20.0 Å². The maximum Gasteiger partial charge on any atom is 0.326 e. The van der Waals surface area contributed by atoms with Gasteiger partial charge in [0.05, 0.1) is 5.69 Å². The van der Waals surface area contributed by atoms with E-state index in [1.807, 2.05) is 6.92 Å². The fraction of sp³-hybridized carbons (Fsp3) is 0.583. The van der Waals surface area contributed by atoms with Crippen molar-refractivity contribution in [2.24, 2.45) is 7.05 Å². The van der Waals surface area contributed by atoms with Gasteiger partial charge in [-0.25, -0.2) is 4.79 Å². The van der Waals surface area contributed by atoms with Gasteiger partial charge in [0, 0.05) is 7.05 Å². The van der Waals surface area contributed by atoms with Crippen molar-refractivity contribution in [3.8, 4) is 0 Å². The van der Waals surface area contributed by atoms with Gasteiger partial charge in [0.25, 0.3) is 5.91 Å². The van der Waals surface area contributed by atoms with Gasteiger partial charge in [-0.3, -0.25) is 9.48 Å². The number of carboxylic acids is 1. The van der Waals surface area contributed by atoms with E-state index in [9.17, 15) is 9.59 Å². The van der Waals surface area contributed by atoms with Crippen LogP contribution in [0.2, 0.25) is 0 Å². The molecule has 1 amide bonds. The summed E-state index contributed by atoms with van der Waals surface area (Å²) in [6.45, 7) is 3.75. The lowest BCUT2D eigenvalue weighted by Gasteiger charge is -2.11. The number of rotatable bonds is 6. The number of hydrogen-bond acceptors (Lipinski definition) is 3. The second-order valence-corrected chi connectivity index (χ2v) is 4.17. The Bertz CT molecular complexity index is 440. The minimum Gasteiger partial charge on any atom is -0.480 e. The largest absolute Gasteiger partial charge is 0.480 e. The number of hydrogen-bond donors (Lipinski definition) is 2. The summed E-state index contributed by atoms with van der Waals surface area (Å²) < 4.78 is 1.48. The second kappa shape index (κ2) is 6.18. The molecular weight excluding hydrogens is 234 g/mol. The summed E-state index contributed by atoms with van der Waals surface area (Å²) in [6, 6.07) is 0.843. The monoisotopic (exact) mass is 253 g/mol. The molecule has 0 saturated heterocycles. The highest BCUT2D eigenvalue weighted by atomic mass is 16.4. The lowest BCUT2D eigenvalue weighted by Crippen LogP contribution is -2.40. The smallest absolute Gasteiger partial charge is 0.326 e. The van der Waals surface area contributed by atoms with Crippen molar-refractivity contribution in [2.45, 2.75) is 39.2 Å². The highest BCUT2D eigenvalue weighted by molar-refractivity contribution is 5.95. The molecule has 100 valence electrons. The lowest BCUT2D eigenvalue weighted by atomic mass is 10.2. The molecule has 6 heteroatoms. The topological polar surface area (TPSA) is 84.2 Å². The van der Waals surface area contributed by atoms with Crippen LogP contribution in [-0.4, -0.2) is 32.8 Å². The molecule has 1 aromatic rings. The van der Waals surface area contributed by atoms with Crippen LogP contribution >= 0.6 is 0 Å². The maximum atomic E-state index is 11.9. The molecule has 0 radical (unpaired) electrons. The third-order valence-electron chi connectivity index (χ3n) is 2.68. The van der Waals surface area contributed by atoms with Gasteiger partial charge in [-0.2, -0.15) is 5.10 Å². The Morgan fingerprint density at radius 1 is 1.50 bits per heavy atom. The summed E-state index contributed by atoms with van der Waals surface area (Å²) in [5, 5.41) is 15.6. The third-order valence-corrected chi connectivity index (χ3v) is 2.68. The van der Waals surface area contributed by atoms with Crippen LogP contribution in [-0.2, 0) is 18.3 Å². The molecule has 0 aromatic carbocycles. The maximum absolute atomic E-state index is 11.9. The lowest BCUT2D eigenvalue weighted by molar-refractivity contribution is -0.139. The number of aliphatic carboxylic acids is 1. The van der Waals surface area contributed by atoms with Crippen LogP contribution in [0.3, 0.4) is 0 Å². The Labute approximate surface area is 106 Å². The first-order valence-corrected chi connectivity index (χ1v) is 6.06. The average molecular weight is 253 g/mol. The van der Waals surface area contributed by atoms with Gasteiger partial charge >= 0.3 is 5.97 Å². The molecule has 0 aliphatic rings. The Morgan fingerprint density at radius 2 is 2.17 bits per heavy atom. The number of carboxylic acid groups (broad SMARTS) is 1. The normalized spacial score (nSPS) is 12.2. The summed E-state index contributed by atoms with van der Waals surface area (Å²) in [5.74, 6) is -1.43. The first-order valence-electron chi connectivity index (χ1n) is 6.06. The first-order chi connectivity index (χ1) is 8.49. The van der Waals surface area contributed by atoms with E-state index in [4.69, 9.17) is 5.11 Å². The second-order valence-electron chi connectivity index (χ2n) is 4.17. The molecule has 1 atom stereocenters. The van der Waals surface area contributed by atoms with Crippen LogP contribution in [0, 0.1) is 0 Å². The first kappa shape index (κ1) is 14.2. The van der Waals surface area contributed by atoms with E-state index in [-0.39, 0.29) is 0 Å². The highest BCUT2D eigenvalue weighted by Crippen LogP contribution is 2.06. The van der Waals surface area contributed by atoms with Gasteiger partial charge in [0.1, 0.15) is 11.7 Å². The summed E-state index contributed by atoms with van der Waals surface area (Å²) in [4.78, 5) is 22.8. The predicted octanol–water partition coefficient (Wildman–Crippen LogP) is 0.966. The third kappa shape index (κ3) is 3.32. The number of aryl methyl sites for hydroxylation is 2. The molecule has 0 aliphatic heterocycles. The van der Waals surface area contributed by atoms with Crippen LogP contribution < -0.4 is 5.32 Å². The van der Waals surface area contributed by atoms with Crippen molar-refractivity contribution in [2.75, 3.05) is 0 Å². The molecule has 6 nitrogen and oxygen atoms in total. The van der Waals surface area contributed by atoms with Crippen molar-refractivity contribution in [3.05, 3.63) is 17.5 Å². The van der Waals surface area contributed by atoms with Gasteiger partial charge < -0.3 is 10.4 Å². The zero-order chi connectivity index (χ0) is 13.7. The van der Waals surface area contributed by atoms with Gasteiger partial charge in [-0.1, -0.05) is 20.3 Å². The molecule has 0 aliphatic carbocycles. The summed E-state index contributed by atoms with van der Waals surface area (Å²) in [5.41, 5.74) is 1.23. The minimum atomic E-state index is -1.03. The minimum absolute atomic E-state index is 0.348. The SMILES string of the molecule is CCCc1cc(C(=O)NC(CC)C(=O)O)n(C)n1. The van der Waals surface area contributed by atoms with Gasteiger partial charge in [0.2, 0.25) is 0 Å². The number of carbonyl (C=O) groups excluding carboxylic acids is 1. The number of amides is 1. The fourth-order valence-corrected chi connectivity index (χ4v) is 1.69. The molecule has 0 bridgehead atoms. The van der Waals surface area contributed by atoms with Crippen LogP contribution in [0.1, 0.15) is 42.9 Å². The Morgan fingerprint density at radius 3 is 2.67 bits per heavy atom. The van der Waals surface area contributed by atoms with E-state index < -0.39 is 17.9 Å².